The van der Waals surface area contributed by atoms with Crippen molar-refractivity contribution < 1.29 is 19.2 Å². The van der Waals surface area contributed by atoms with Crippen molar-refractivity contribution in [3.8, 4) is 0 Å². The van der Waals surface area contributed by atoms with Gasteiger partial charge in [0, 0.05) is 17.8 Å². The van der Waals surface area contributed by atoms with Gasteiger partial charge in [0.25, 0.3) is 5.91 Å². The lowest BCUT2D eigenvalue weighted by molar-refractivity contribution is -0.551. The van der Waals surface area contributed by atoms with Crippen LogP contribution in [0.2, 0.25) is 0 Å². The van der Waals surface area contributed by atoms with Gasteiger partial charge in [0.15, 0.2) is 0 Å². The van der Waals surface area contributed by atoms with Gasteiger partial charge >= 0.3 is 11.5 Å². The topological polar surface area (TPSA) is 98.5 Å². The summed E-state index contributed by atoms with van der Waals surface area (Å²) in [4.78, 5) is 34.7. The Hall–Kier alpha value is -2.18. The molecule has 0 rings (SSSR count). The standard InChI is InChI=1S/C14H22N2O5/c1-6-8-14(9-7-2,16(19)20)13(18)15-11(10(3)4)12(17)21-5/h6-7,10-11H,1-2,8-9H2,3-5H3,(H,15,18)/t11-/m0/s1. The van der Waals surface area contributed by atoms with Crippen LogP contribution in [0.3, 0.4) is 0 Å². The summed E-state index contributed by atoms with van der Waals surface area (Å²) in [5.74, 6) is -1.76. The van der Waals surface area contributed by atoms with Crippen LogP contribution >= 0.6 is 0 Å². The highest BCUT2D eigenvalue weighted by Gasteiger charge is 2.50. The van der Waals surface area contributed by atoms with Crippen molar-refractivity contribution in [1.82, 2.24) is 5.32 Å². The molecule has 7 heteroatoms. The van der Waals surface area contributed by atoms with Crippen molar-refractivity contribution in [3.05, 3.63) is 35.4 Å². The maximum absolute atomic E-state index is 12.4. The Morgan fingerprint density at radius 2 is 1.81 bits per heavy atom. The molecule has 0 aromatic rings. The first-order chi connectivity index (χ1) is 9.76. The number of nitrogens with zero attached hydrogens (tertiary/aromatic N) is 1. The summed E-state index contributed by atoms with van der Waals surface area (Å²) >= 11 is 0. The van der Waals surface area contributed by atoms with Crippen molar-refractivity contribution in [1.29, 1.82) is 0 Å². The van der Waals surface area contributed by atoms with Gasteiger partial charge in [0.05, 0.1) is 7.11 Å². The van der Waals surface area contributed by atoms with Crippen LogP contribution in [-0.2, 0) is 14.3 Å². The number of hydrogen-bond donors (Lipinski definition) is 1. The fourth-order valence-electron chi connectivity index (χ4n) is 1.88. The smallest absolute Gasteiger partial charge is 0.328 e. The molecule has 7 nitrogen and oxygen atoms in total. The Morgan fingerprint density at radius 1 is 1.33 bits per heavy atom. The molecule has 0 saturated heterocycles. The van der Waals surface area contributed by atoms with E-state index in [0.29, 0.717) is 0 Å². The Morgan fingerprint density at radius 3 is 2.10 bits per heavy atom. The Kier molecular flexibility index (Phi) is 7.33. The number of nitrogens with one attached hydrogen (secondary N) is 1. The normalized spacial score (nSPS) is 12.4. The quantitative estimate of drug-likeness (QED) is 0.301. The number of rotatable bonds is 9. The summed E-state index contributed by atoms with van der Waals surface area (Å²) in [5.41, 5.74) is -1.91. The monoisotopic (exact) mass is 298 g/mol. The SMILES string of the molecule is C=CCC(CC=C)(C(=O)N[C@H](C(=O)OC)C(C)C)[N+](=O)[O-]. The zero-order chi connectivity index (χ0) is 16.6. The molecular formula is C14H22N2O5. The van der Waals surface area contributed by atoms with Crippen LogP contribution in [-0.4, -0.2) is 35.5 Å². The minimum atomic E-state index is -1.91. The zero-order valence-corrected chi connectivity index (χ0v) is 12.6. The fourth-order valence-corrected chi connectivity index (χ4v) is 1.88. The van der Waals surface area contributed by atoms with E-state index in [2.05, 4.69) is 23.2 Å². The average Bonchev–Trinajstić information content (AvgIpc) is 2.42. The maximum Gasteiger partial charge on any atom is 0.328 e. The first kappa shape index (κ1) is 18.8. The van der Waals surface area contributed by atoms with Crippen LogP contribution in [0.4, 0.5) is 0 Å². The highest BCUT2D eigenvalue weighted by molar-refractivity contribution is 5.90. The number of carbonyl (C=O) groups excluding carboxylic acids is 2. The first-order valence-electron chi connectivity index (χ1n) is 6.51. The second kappa shape index (κ2) is 8.18. The molecule has 1 atom stereocenters. The van der Waals surface area contributed by atoms with Crippen molar-refractivity contribution >= 4 is 11.9 Å². The van der Waals surface area contributed by atoms with E-state index in [4.69, 9.17) is 0 Å². The van der Waals surface area contributed by atoms with Crippen molar-refractivity contribution in [2.24, 2.45) is 5.92 Å². The van der Waals surface area contributed by atoms with E-state index in [1.165, 1.54) is 19.3 Å². The van der Waals surface area contributed by atoms with E-state index in [9.17, 15) is 19.7 Å². The molecule has 0 aromatic heterocycles. The molecule has 0 saturated carbocycles. The van der Waals surface area contributed by atoms with Crippen molar-refractivity contribution in [2.45, 2.75) is 38.3 Å². The van der Waals surface area contributed by atoms with Crippen LogP contribution in [0.1, 0.15) is 26.7 Å². The number of esters is 1. The lowest BCUT2D eigenvalue weighted by atomic mass is 9.89. The van der Waals surface area contributed by atoms with E-state index < -0.39 is 28.4 Å². The molecule has 21 heavy (non-hydrogen) atoms. The van der Waals surface area contributed by atoms with Gasteiger partial charge in [0.1, 0.15) is 6.04 Å². The number of ether oxygens (including phenoxy) is 1. The summed E-state index contributed by atoms with van der Waals surface area (Å²) in [5, 5.41) is 13.8. The molecular weight excluding hydrogens is 276 g/mol. The first-order valence-corrected chi connectivity index (χ1v) is 6.51. The predicted octanol–water partition coefficient (Wildman–Crippen LogP) is 1.47. The third-order valence-electron chi connectivity index (χ3n) is 3.14. The average molecular weight is 298 g/mol. The summed E-state index contributed by atoms with van der Waals surface area (Å²) in [6.45, 7) is 10.3. The summed E-state index contributed by atoms with van der Waals surface area (Å²) in [6, 6.07) is -0.948. The van der Waals surface area contributed by atoms with Gasteiger partial charge in [-0.25, -0.2) is 4.79 Å². The summed E-state index contributed by atoms with van der Waals surface area (Å²) in [7, 11) is 1.19. The van der Waals surface area contributed by atoms with Gasteiger partial charge in [-0.3, -0.25) is 14.9 Å². The number of carbonyl (C=O) groups is 2. The van der Waals surface area contributed by atoms with Gasteiger partial charge in [0.2, 0.25) is 0 Å². The number of hydrogen-bond acceptors (Lipinski definition) is 5. The Labute approximate surface area is 124 Å². The van der Waals surface area contributed by atoms with E-state index in [1.54, 1.807) is 13.8 Å². The largest absolute Gasteiger partial charge is 0.467 e. The number of methoxy groups -OCH3 is 1. The van der Waals surface area contributed by atoms with E-state index >= 15 is 0 Å². The Bertz CT molecular complexity index is 421. The van der Waals surface area contributed by atoms with Crippen LogP contribution in [0.5, 0.6) is 0 Å². The van der Waals surface area contributed by atoms with Crippen molar-refractivity contribution in [2.75, 3.05) is 7.11 Å². The third kappa shape index (κ3) is 4.40. The number of amides is 1. The third-order valence-corrected chi connectivity index (χ3v) is 3.14. The van der Waals surface area contributed by atoms with E-state index in [1.807, 2.05) is 0 Å². The molecule has 0 unspecified atom stereocenters. The molecule has 0 radical (unpaired) electrons. The molecule has 0 aliphatic carbocycles. The minimum Gasteiger partial charge on any atom is -0.467 e. The van der Waals surface area contributed by atoms with Gasteiger partial charge in [-0.15, -0.1) is 13.2 Å². The molecule has 0 aromatic carbocycles. The molecule has 0 fully saturated rings. The lowest BCUT2D eigenvalue weighted by Crippen LogP contribution is -2.57. The van der Waals surface area contributed by atoms with E-state index in [0.717, 1.165) is 0 Å². The second-order valence-electron chi connectivity index (χ2n) is 4.99. The highest BCUT2D eigenvalue weighted by Crippen LogP contribution is 2.22. The molecule has 1 amide bonds. The van der Waals surface area contributed by atoms with Gasteiger partial charge in [-0.1, -0.05) is 26.0 Å². The van der Waals surface area contributed by atoms with Crippen molar-refractivity contribution in [3.63, 3.8) is 0 Å². The van der Waals surface area contributed by atoms with Gasteiger partial charge < -0.3 is 10.1 Å². The molecule has 0 spiro atoms. The zero-order valence-electron chi connectivity index (χ0n) is 12.6. The molecule has 0 heterocycles. The predicted molar refractivity (Wildman–Crippen MR) is 78.1 cm³/mol. The van der Waals surface area contributed by atoms with E-state index in [-0.39, 0.29) is 18.8 Å². The molecule has 0 aliphatic heterocycles. The second-order valence-corrected chi connectivity index (χ2v) is 4.99. The number of nitro groups is 1. The molecule has 118 valence electrons. The Balaban J connectivity index is 5.46. The van der Waals surface area contributed by atoms with Crippen LogP contribution in [0.15, 0.2) is 25.3 Å². The van der Waals surface area contributed by atoms with Gasteiger partial charge in [-0.05, 0) is 5.92 Å². The summed E-state index contributed by atoms with van der Waals surface area (Å²) < 4.78 is 4.60. The van der Waals surface area contributed by atoms with Gasteiger partial charge in [-0.2, -0.15) is 0 Å². The molecule has 0 aliphatic rings. The molecule has 1 N–H and O–H groups in total. The van der Waals surface area contributed by atoms with Crippen LogP contribution < -0.4 is 5.32 Å². The highest BCUT2D eigenvalue weighted by atomic mass is 16.6. The van der Waals surface area contributed by atoms with Crippen LogP contribution in [0, 0.1) is 16.0 Å². The van der Waals surface area contributed by atoms with Crippen LogP contribution in [0.25, 0.3) is 0 Å². The maximum atomic E-state index is 12.4. The molecule has 0 bridgehead atoms. The fraction of sp³-hybridized carbons (Fsp3) is 0.571. The lowest BCUT2D eigenvalue weighted by Gasteiger charge is -2.26. The minimum absolute atomic E-state index is 0.163. The summed E-state index contributed by atoms with van der Waals surface area (Å²) in [6.07, 6.45) is 2.27.